The molecule has 2 rings (SSSR count). The minimum atomic E-state index is -0.117. The minimum Gasteiger partial charge on any atom is -0.467 e. The first-order chi connectivity index (χ1) is 10.7. The van der Waals surface area contributed by atoms with E-state index in [0.29, 0.717) is 24.4 Å². The highest BCUT2D eigenvalue weighted by Crippen LogP contribution is 2.07. The number of benzene rings is 1. The molecule has 0 fully saturated rings. The van der Waals surface area contributed by atoms with Gasteiger partial charge in [-0.15, -0.1) is 0 Å². The van der Waals surface area contributed by atoms with Gasteiger partial charge in [0.2, 0.25) is 0 Å². The fraction of sp³-hybridized carbons (Fsp3) is 0.353. The van der Waals surface area contributed by atoms with E-state index in [9.17, 15) is 4.79 Å². The van der Waals surface area contributed by atoms with Crippen molar-refractivity contribution in [3.8, 4) is 0 Å². The Balaban J connectivity index is 1.65. The summed E-state index contributed by atoms with van der Waals surface area (Å²) in [6, 6.07) is 12.0. The Morgan fingerprint density at radius 2 is 2.09 bits per heavy atom. The molecule has 0 atom stereocenters. The minimum absolute atomic E-state index is 0.117. The Hall–Kier alpha value is -2.11. The number of amides is 1. The van der Waals surface area contributed by atoms with Crippen molar-refractivity contribution in [2.24, 2.45) is 5.73 Å². The van der Waals surface area contributed by atoms with Crippen LogP contribution in [0.2, 0.25) is 0 Å². The van der Waals surface area contributed by atoms with E-state index in [1.54, 1.807) is 6.07 Å². The number of nitrogens with zero attached hydrogens (tertiary/aromatic N) is 1. The average molecular weight is 301 g/mol. The van der Waals surface area contributed by atoms with Crippen molar-refractivity contribution < 1.29 is 9.21 Å². The van der Waals surface area contributed by atoms with Gasteiger partial charge in [-0.3, -0.25) is 4.79 Å². The summed E-state index contributed by atoms with van der Waals surface area (Å²) in [7, 11) is 2.08. The second-order valence-electron chi connectivity index (χ2n) is 5.34. The summed E-state index contributed by atoms with van der Waals surface area (Å²) >= 11 is 0. The van der Waals surface area contributed by atoms with Crippen molar-refractivity contribution in [2.45, 2.75) is 19.5 Å². The first-order valence-electron chi connectivity index (χ1n) is 7.47. The van der Waals surface area contributed by atoms with Crippen molar-refractivity contribution in [3.05, 3.63) is 59.5 Å². The third-order valence-electron chi connectivity index (χ3n) is 3.41. The van der Waals surface area contributed by atoms with Gasteiger partial charge in [0, 0.05) is 13.1 Å². The van der Waals surface area contributed by atoms with Gasteiger partial charge in [0.1, 0.15) is 12.0 Å². The fourth-order valence-electron chi connectivity index (χ4n) is 2.23. The van der Waals surface area contributed by atoms with Gasteiger partial charge >= 0.3 is 0 Å². The summed E-state index contributed by atoms with van der Waals surface area (Å²) in [5, 5.41) is 2.89. The standard InChI is InChI=1S/C17H23N3O2/c1-20(12-14-6-3-2-4-7-14)9-5-8-19-17(21)15-10-16(11-18)22-13-15/h2-4,6-7,10,13H,5,8-9,11-12,18H2,1H3,(H,19,21). The van der Waals surface area contributed by atoms with E-state index in [1.807, 2.05) is 18.2 Å². The number of carbonyl (C=O) groups excluding carboxylic acids is 1. The zero-order valence-electron chi connectivity index (χ0n) is 12.9. The monoisotopic (exact) mass is 301 g/mol. The van der Waals surface area contributed by atoms with E-state index in [2.05, 4.69) is 29.4 Å². The highest BCUT2D eigenvalue weighted by Gasteiger charge is 2.09. The average Bonchev–Trinajstić information content (AvgIpc) is 3.01. The van der Waals surface area contributed by atoms with Crippen LogP contribution in [0.15, 0.2) is 47.1 Å². The molecule has 0 saturated heterocycles. The van der Waals surface area contributed by atoms with Crippen LogP contribution in [-0.4, -0.2) is 30.9 Å². The maximum atomic E-state index is 11.9. The zero-order chi connectivity index (χ0) is 15.8. The van der Waals surface area contributed by atoms with Crippen LogP contribution < -0.4 is 11.1 Å². The van der Waals surface area contributed by atoms with Crippen LogP contribution in [0.25, 0.3) is 0 Å². The summed E-state index contributed by atoms with van der Waals surface area (Å²) in [4.78, 5) is 14.1. The molecule has 0 aliphatic carbocycles. The molecule has 0 spiro atoms. The number of rotatable bonds is 8. The number of hydrogen-bond acceptors (Lipinski definition) is 4. The van der Waals surface area contributed by atoms with Crippen LogP contribution in [-0.2, 0) is 13.1 Å². The first-order valence-corrected chi connectivity index (χ1v) is 7.47. The lowest BCUT2D eigenvalue weighted by molar-refractivity contribution is 0.0951. The molecule has 1 heterocycles. The smallest absolute Gasteiger partial charge is 0.254 e. The Kier molecular flexibility index (Phi) is 6.18. The van der Waals surface area contributed by atoms with Gasteiger partial charge in [-0.25, -0.2) is 0 Å². The first kappa shape index (κ1) is 16.3. The summed E-state index contributed by atoms with van der Waals surface area (Å²) in [5.74, 6) is 0.502. The van der Waals surface area contributed by atoms with Gasteiger partial charge < -0.3 is 20.4 Å². The number of nitrogens with two attached hydrogens (primary N) is 1. The van der Waals surface area contributed by atoms with E-state index in [0.717, 1.165) is 19.5 Å². The van der Waals surface area contributed by atoms with Gasteiger partial charge in [0.25, 0.3) is 5.91 Å². The molecule has 0 aliphatic rings. The summed E-state index contributed by atoms with van der Waals surface area (Å²) in [5.41, 5.74) is 7.27. The lowest BCUT2D eigenvalue weighted by atomic mass is 10.2. The lowest BCUT2D eigenvalue weighted by Crippen LogP contribution is -2.27. The second-order valence-corrected chi connectivity index (χ2v) is 5.34. The maximum Gasteiger partial charge on any atom is 0.254 e. The van der Waals surface area contributed by atoms with Crippen LogP contribution >= 0.6 is 0 Å². The molecule has 5 nitrogen and oxygen atoms in total. The molecule has 0 bridgehead atoms. The van der Waals surface area contributed by atoms with Crippen LogP contribution in [0.1, 0.15) is 28.1 Å². The van der Waals surface area contributed by atoms with Crippen LogP contribution in [0, 0.1) is 0 Å². The van der Waals surface area contributed by atoms with Crippen molar-refractivity contribution in [2.75, 3.05) is 20.1 Å². The third-order valence-corrected chi connectivity index (χ3v) is 3.41. The van der Waals surface area contributed by atoms with E-state index >= 15 is 0 Å². The largest absolute Gasteiger partial charge is 0.467 e. The Morgan fingerprint density at radius 3 is 2.77 bits per heavy atom. The number of furan rings is 1. The van der Waals surface area contributed by atoms with Gasteiger partial charge in [-0.05, 0) is 31.6 Å². The van der Waals surface area contributed by atoms with E-state index in [1.165, 1.54) is 11.8 Å². The molecule has 118 valence electrons. The molecule has 0 saturated carbocycles. The van der Waals surface area contributed by atoms with Crippen LogP contribution in [0.5, 0.6) is 0 Å². The lowest BCUT2D eigenvalue weighted by Gasteiger charge is -2.16. The van der Waals surface area contributed by atoms with Crippen molar-refractivity contribution in [1.82, 2.24) is 10.2 Å². The summed E-state index contributed by atoms with van der Waals surface area (Å²) in [6.45, 7) is 2.78. The molecule has 5 heteroatoms. The van der Waals surface area contributed by atoms with Crippen LogP contribution in [0.3, 0.4) is 0 Å². The molecule has 0 unspecified atom stereocenters. The molecule has 3 N–H and O–H groups in total. The third kappa shape index (κ3) is 5.02. The Labute approximate surface area is 131 Å². The van der Waals surface area contributed by atoms with Crippen molar-refractivity contribution in [1.29, 1.82) is 0 Å². The Bertz CT molecular complexity index is 581. The molecule has 1 aromatic carbocycles. The topological polar surface area (TPSA) is 71.5 Å². The highest BCUT2D eigenvalue weighted by atomic mass is 16.3. The van der Waals surface area contributed by atoms with E-state index < -0.39 is 0 Å². The van der Waals surface area contributed by atoms with Crippen LogP contribution in [0.4, 0.5) is 0 Å². The number of carbonyl (C=O) groups is 1. The van der Waals surface area contributed by atoms with E-state index in [4.69, 9.17) is 10.2 Å². The predicted molar refractivity (Wildman–Crippen MR) is 86.3 cm³/mol. The molecule has 1 amide bonds. The molecule has 0 aliphatic heterocycles. The van der Waals surface area contributed by atoms with Crippen molar-refractivity contribution >= 4 is 5.91 Å². The van der Waals surface area contributed by atoms with E-state index in [-0.39, 0.29) is 5.91 Å². The fourth-order valence-corrected chi connectivity index (χ4v) is 2.23. The number of hydrogen-bond donors (Lipinski definition) is 2. The predicted octanol–water partition coefficient (Wildman–Crippen LogP) is 1.99. The molecule has 0 radical (unpaired) electrons. The maximum absolute atomic E-state index is 11.9. The van der Waals surface area contributed by atoms with Gasteiger partial charge in [0.15, 0.2) is 0 Å². The molecular weight excluding hydrogens is 278 g/mol. The second kappa shape index (κ2) is 8.36. The normalized spacial score (nSPS) is 10.9. The summed E-state index contributed by atoms with van der Waals surface area (Å²) in [6.07, 6.45) is 2.34. The SMILES string of the molecule is CN(CCCNC(=O)c1coc(CN)c1)Cc1ccccc1. The highest BCUT2D eigenvalue weighted by molar-refractivity contribution is 5.93. The Morgan fingerprint density at radius 1 is 1.32 bits per heavy atom. The van der Waals surface area contributed by atoms with Crippen molar-refractivity contribution in [3.63, 3.8) is 0 Å². The number of nitrogens with one attached hydrogen (secondary N) is 1. The molecule has 22 heavy (non-hydrogen) atoms. The molecule has 2 aromatic rings. The van der Waals surface area contributed by atoms with Gasteiger partial charge in [-0.1, -0.05) is 30.3 Å². The summed E-state index contributed by atoms with van der Waals surface area (Å²) < 4.78 is 5.15. The quantitative estimate of drug-likeness (QED) is 0.732. The van der Waals surface area contributed by atoms with Gasteiger partial charge in [-0.2, -0.15) is 0 Å². The van der Waals surface area contributed by atoms with Gasteiger partial charge in [0.05, 0.1) is 12.1 Å². The zero-order valence-corrected chi connectivity index (χ0v) is 12.9. The molecular formula is C17H23N3O2. The molecule has 1 aromatic heterocycles.